The molecule has 32 heavy (non-hydrogen) atoms. The molecule has 1 heterocycles. The van der Waals surface area contributed by atoms with Crippen molar-refractivity contribution < 1.29 is 28.9 Å². The zero-order valence-electron chi connectivity index (χ0n) is 17.7. The number of carbonyl (C=O) groups is 1. The van der Waals surface area contributed by atoms with Gasteiger partial charge in [0.25, 0.3) is 0 Å². The molecule has 3 aromatic rings. The Morgan fingerprint density at radius 2 is 1.78 bits per heavy atom. The lowest BCUT2D eigenvalue weighted by Crippen LogP contribution is -2.10. The van der Waals surface area contributed by atoms with Crippen molar-refractivity contribution in [2.45, 2.75) is 6.92 Å². The first-order chi connectivity index (χ1) is 15.6. The number of fused-ring (bicyclic) bond motifs is 1. The van der Waals surface area contributed by atoms with Gasteiger partial charge in [-0.15, -0.1) is 0 Å². The van der Waals surface area contributed by atoms with Crippen LogP contribution in [0, 0.1) is 0 Å². The molecule has 0 bridgehead atoms. The minimum atomic E-state index is -0.651. The molecule has 0 spiro atoms. The maximum atomic E-state index is 12.7. The Balaban J connectivity index is 0.000000837. The van der Waals surface area contributed by atoms with Crippen LogP contribution in [-0.2, 0) is 4.74 Å². The van der Waals surface area contributed by atoms with Gasteiger partial charge in [0.2, 0.25) is 11.8 Å². The molecule has 0 aliphatic rings. The molecule has 1 N–H and O–H groups in total. The number of methoxy groups -OCH3 is 2. The quantitative estimate of drug-likeness (QED) is 0.232. The van der Waals surface area contributed by atoms with Crippen LogP contribution in [0.15, 0.2) is 59.2 Å². The minimum absolute atomic E-state index is 0.0579. The molecule has 1 aromatic heterocycles. The fourth-order valence-corrected chi connectivity index (χ4v) is 2.50. The number of nitrogens with zero attached hydrogens (tertiary/aromatic N) is 3. The maximum Gasteiger partial charge on any atom is 0.342 e. The van der Waals surface area contributed by atoms with Crippen molar-refractivity contribution in [2.24, 2.45) is 5.16 Å². The van der Waals surface area contributed by atoms with Crippen molar-refractivity contribution in [1.82, 2.24) is 9.97 Å². The Morgan fingerprint density at radius 3 is 2.38 bits per heavy atom. The highest BCUT2D eigenvalue weighted by Gasteiger charge is 2.20. The summed E-state index contributed by atoms with van der Waals surface area (Å²) < 4.78 is 21.1. The summed E-state index contributed by atoms with van der Waals surface area (Å²) in [6.07, 6.45) is 2.82. The van der Waals surface area contributed by atoms with Crippen LogP contribution in [0.1, 0.15) is 17.3 Å². The molecule has 0 radical (unpaired) electrons. The molecule has 0 saturated heterocycles. The second kappa shape index (κ2) is 12.8. The third-order valence-electron chi connectivity index (χ3n) is 3.87. The normalized spacial score (nSPS) is 10.6. The molecule has 0 atom stereocenters. The number of ether oxygens (including phenoxy) is 4. The van der Waals surface area contributed by atoms with Gasteiger partial charge in [0, 0.05) is 0 Å². The van der Waals surface area contributed by atoms with Crippen LogP contribution in [-0.4, -0.2) is 48.2 Å². The zero-order valence-corrected chi connectivity index (χ0v) is 18.4. The number of carbonyl (C=O) groups excluding carboxylic acids is 1. The Bertz CT molecular complexity index is 1080. The van der Waals surface area contributed by atoms with Crippen LogP contribution in [0.4, 0.5) is 0 Å². The number of halogens is 1. The lowest BCUT2D eigenvalue weighted by Gasteiger charge is -2.13. The van der Waals surface area contributed by atoms with Gasteiger partial charge in [0.05, 0.1) is 26.5 Å². The first-order valence-corrected chi connectivity index (χ1v) is 9.72. The highest BCUT2D eigenvalue weighted by molar-refractivity contribution is 6.25. The maximum absolute atomic E-state index is 12.7. The van der Waals surface area contributed by atoms with E-state index in [2.05, 4.69) is 15.1 Å². The lowest BCUT2D eigenvalue weighted by molar-refractivity contribution is 0.0564. The van der Waals surface area contributed by atoms with Gasteiger partial charge in [-0.2, -0.15) is 9.97 Å². The number of hydrogen-bond donors (Lipinski definition) is 1. The van der Waals surface area contributed by atoms with Gasteiger partial charge in [-0.05, 0) is 29.3 Å². The van der Waals surface area contributed by atoms with Crippen molar-refractivity contribution in [2.75, 3.05) is 20.8 Å². The molecule has 2 aromatic carbocycles. The van der Waals surface area contributed by atoms with Crippen LogP contribution < -0.4 is 14.2 Å². The van der Waals surface area contributed by atoms with Crippen molar-refractivity contribution in [3.8, 4) is 23.5 Å². The third kappa shape index (κ3) is 6.58. The molecule has 9 nitrogen and oxygen atoms in total. The van der Waals surface area contributed by atoms with E-state index in [4.69, 9.17) is 35.8 Å². The van der Waals surface area contributed by atoms with Crippen molar-refractivity contribution in [3.05, 3.63) is 59.6 Å². The Labute approximate surface area is 189 Å². The molecule has 0 unspecified atom stereocenters. The van der Waals surface area contributed by atoms with Gasteiger partial charge in [-0.25, -0.2) is 4.79 Å². The van der Waals surface area contributed by atoms with Crippen LogP contribution in [0.2, 0.25) is 0 Å². The average molecular weight is 460 g/mol. The number of aromatic nitrogens is 2. The largest absolute Gasteiger partial charge is 0.481 e. The van der Waals surface area contributed by atoms with E-state index in [1.807, 2.05) is 19.1 Å². The molecule has 10 heteroatoms. The van der Waals surface area contributed by atoms with Crippen LogP contribution in [0.5, 0.6) is 23.5 Å². The predicted octanol–water partition coefficient (Wildman–Crippen LogP) is 4.81. The van der Waals surface area contributed by atoms with E-state index in [1.165, 1.54) is 25.8 Å². The average Bonchev–Trinajstić information content (AvgIpc) is 2.83. The number of hydrogen-bond acceptors (Lipinski definition) is 9. The van der Waals surface area contributed by atoms with Crippen molar-refractivity contribution in [3.63, 3.8) is 0 Å². The molecule has 0 aliphatic carbocycles. The summed E-state index contributed by atoms with van der Waals surface area (Å²) in [5.74, 6) is 0.0263. The van der Waals surface area contributed by atoms with Crippen molar-refractivity contribution >= 4 is 34.6 Å². The Hall–Kier alpha value is -3.85. The Morgan fingerprint density at radius 1 is 1.12 bits per heavy atom. The summed E-state index contributed by atoms with van der Waals surface area (Å²) >= 11 is 5.01. The first-order valence-electron chi connectivity index (χ1n) is 9.29. The smallest absolute Gasteiger partial charge is 0.342 e. The van der Waals surface area contributed by atoms with Crippen LogP contribution in [0.25, 0.3) is 10.8 Å². The molecular weight excluding hydrogens is 438 g/mol. The number of rotatable bonds is 7. The van der Waals surface area contributed by atoms with Gasteiger partial charge in [-0.3, -0.25) is 0 Å². The lowest BCUT2D eigenvalue weighted by atomic mass is 10.0. The van der Waals surface area contributed by atoms with E-state index in [-0.39, 0.29) is 35.7 Å². The van der Waals surface area contributed by atoms with E-state index in [0.717, 1.165) is 11.6 Å². The topological polar surface area (TPSA) is 112 Å². The summed E-state index contributed by atoms with van der Waals surface area (Å²) in [4.78, 5) is 20.9. The van der Waals surface area contributed by atoms with E-state index >= 15 is 0 Å². The highest BCUT2D eigenvalue weighted by atomic mass is 35.5. The number of oxime groups is 1. The third-order valence-corrected chi connectivity index (χ3v) is 4.12. The molecule has 0 amide bonds. The number of benzene rings is 2. The number of esters is 1. The van der Waals surface area contributed by atoms with Gasteiger partial charge in [0.15, 0.2) is 0 Å². The summed E-state index contributed by atoms with van der Waals surface area (Å²) in [5, 5.41) is 12.7. The van der Waals surface area contributed by atoms with E-state index in [9.17, 15) is 4.79 Å². The molecule has 0 aliphatic heterocycles. The SMILES string of the molecule is CC=CCl.COc1cc(OC)nc(Oc2ccc3ccccc3c2C(=O)OCC=NO)n1. The minimum Gasteiger partial charge on any atom is -0.481 e. The number of allylic oxidation sites excluding steroid dienone is 1. The van der Waals surface area contributed by atoms with E-state index < -0.39 is 5.97 Å². The van der Waals surface area contributed by atoms with Crippen LogP contribution in [0.3, 0.4) is 0 Å². The first kappa shape index (κ1) is 24.4. The summed E-state index contributed by atoms with van der Waals surface area (Å²) in [6.45, 7) is 1.68. The van der Waals surface area contributed by atoms with Gasteiger partial charge in [-0.1, -0.05) is 53.2 Å². The van der Waals surface area contributed by atoms with E-state index in [1.54, 1.807) is 30.3 Å². The predicted molar refractivity (Wildman–Crippen MR) is 120 cm³/mol. The summed E-state index contributed by atoms with van der Waals surface area (Å²) in [6, 6.07) is 12.1. The standard InChI is InChI=1S/C19H17N3O6.C3H5Cl/c1-25-15-11-16(26-2)22-19(21-15)28-14-8-7-12-5-3-4-6-13(12)17(14)18(23)27-10-9-20-24;1-2-3-4/h3-9,11,24H,10H2,1-2H3;2-3H,1H3. The van der Waals surface area contributed by atoms with Gasteiger partial charge in [0.1, 0.15) is 17.9 Å². The Kier molecular flexibility index (Phi) is 9.73. The second-order valence-corrected chi connectivity index (χ2v) is 6.10. The van der Waals surface area contributed by atoms with Crippen molar-refractivity contribution in [1.29, 1.82) is 0 Å². The van der Waals surface area contributed by atoms with E-state index in [0.29, 0.717) is 5.39 Å². The second-order valence-electron chi connectivity index (χ2n) is 5.85. The highest BCUT2D eigenvalue weighted by Crippen LogP contribution is 2.32. The van der Waals surface area contributed by atoms with Gasteiger partial charge < -0.3 is 24.2 Å². The zero-order chi connectivity index (χ0) is 23.3. The fraction of sp³-hybridized carbons (Fsp3) is 0.182. The molecule has 0 saturated carbocycles. The fourth-order valence-electron chi connectivity index (χ4n) is 2.50. The summed E-state index contributed by atoms with van der Waals surface area (Å²) in [7, 11) is 2.90. The molecular formula is C22H22ClN3O6. The molecule has 168 valence electrons. The summed E-state index contributed by atoms with van der Waals surface area (Å²) in [5.41, 5.74) is 1.66. The molecule has 3 rings (SSSR count). The van der Waals surface area contributed by atoms with Crippen LogP contribution >= 0.6 is 11.6 Å². The molecule has 0 fully saturated rings. The van der Waals surface area contributed by atoms with Gasteiger partial charge >= 0.3 is 12.0 Å². The monoisotopic (exact) mass is 459 g/mol.